The van der Waals surface area contributed by atoms with E-state index >= 15 is 0 Å². The Labute approximate surface area is 314 Å². The molecule has 0 amide bonds. The smallest absolute Gasteiger partial charge is 0.549 e. The average Bonchev–Trinajstić information content (AvgIpc) is 3.05. The van der Waals surface area contributed by atoms with Crippen molar-refractivity contribution < 1.29 is 68.3 Å². The molecule has 0 radical (unpaired) electrons. The van der Waals surface area contributed by atoms with E-state index in [9.17, 15) is 29.7 Å². The fourth-order valence-corrected chi connectivity index (χ4v) is 6.93. The van der Waals surface area contributed by atoms with Crippen LogP contribution in [0.25, 0.3) is 32.8 Å². The fourth-order valence-electron chi connectivity index (χ4n) is 6.93. The first-order chi connectivity index (χ1) is 23.2. The molecule has 3 aromatic heterocycles. The van der Waals surface area contributed by atoms with Gasteiger partial charge in [0.15, 0.2) is 0 Å². The van der Waals surface area contributed by atoms with Crippen LogP contribution in [0, 0.1) is 38.6 Å². The van der Waals surface area contributed by atoms with Gasteiger partial charge in [0.05, 0.1) is 62.8 Å². The fraction of sp³-hybridized carbons (Fsp3) is 0.500. The first kappa shape index (κ1) is 37.2. The van der Waals surface area contributed by atoms with E-state index in [-0.39, 0.29) is 84.3 Å². The SMILES string of the molecule is NCCCC[C@@H](C(=O)[O-])N1CCN(CC(=O)[O-])Cc2ccc3c(n2)c2nc(ccc2c2nc4c(nc32)CCCC4)CN(CC(=O)[O-])CC1.[Tb+3]. The van der Waals surface area contributed by atoms with E-state index in [2.05, 4.69) is 0 Å². The van der Waals surface area contributed by atoms with Crippen molar-refractivity contribution in [2.24, 2.45) is 5.73 Å². The van der Waals surface area contributed by atoms with E-state index in [1.54, 1.807) is 14.7 Å². The Hall–Kier alpha value is -3.08. The molecule has 1 aliphatic heterocycles. The summed E-state index contributed by atoms with van der Waals surface area (Å²) in [7, 11) is 0. The zero-order valence-corrected chi connectivity index (χ0v) is 29.3. The number of benzene rings is 1. The van der Waals surface area contributed by atoms with Gasteiger partial charge in [0.1, 0.15) is 0 Å². The molecule has 0 saturated heterocycles. The summed E-state index contributed by atoms with van der Waals surface area (Å²) in [4.78, 5) is 61.2. The van der Waals surface area contributed by atoms with E-state index in [1.165, 1.54) is 0 Å². The number of carboxylic acid groups (broad SMARTS) is 3. The van der Waals surface area contributed by atoms with Gasteiger partial charge in [-0.25, -0.2) is 19.9 Å². The van der Waals surface area contributed by atoms with Crippen LogP contribution in [-0.2, 0) is 40.3 Å². The summed E-state index contributed by atoms with van der Waals surface area (Å²) in [5.41, 5.74) is 11.5. The number of unbranched alkanes of at least 4 members (excludes halogenated alkanes) is 1. The van der Waals surface area contributed by atoms with E-state index in [0.717, 1.165) is 58.9 Å². The van der Waals surface area contributed by atoms with Gasteiger partial charge in [-0.3, -0.25) is 14.7 Å². The van der Waals surface area contributed by atoms with Crippen LogP contribution in [-0.4, -0.2) is 104 Å². The van der Waals surface area contributed by atoms with Crippen LogP contribution in [0.3, 0.4) is 0 Å². The summed E-state index contributed by atoms with van der Waals surface area (Å²) < 4.78 is 0. The molecular formula is C34H39N8O6Tb. The number of fused-ring (bicyclic) bond motifs is 6. The number of nitrogens with zero attached hydrogens (tertiary/aromatic N) is 7. The number of aliphatic carboxylic acids is 3. The Morgan fingerprint density at radius 2 is 1.16 bits per heavy atom. The molecule has 0 spiro atoms. The van der Waals surface area contributed by atoms with Crippen LogP contribution >= 0.6 is 0 Å². The van der Waals surface area contributed by atoms with Crippen LogP contribution in [0.1, 0.15) is 54.9 Å². The number of carbonyl (C=O) groups is 3. The molecule has 2 aliphatic rings. The minimum absolute atomic E-state index is 0. The summed E-state index contributed by atoms with van der Waals surface area (Å²) in [6.07, 6.45) is 5.30. The Bertz CT molecular complexity index is 1740. The third-order valence-electron chi connectivity index (χ3n) is 9.30. The second-order valence-electron chi connectivity index (χ2n) is 12.7. The van der Waals surface area contributed by atoms with E-state index < -0.39 is 37.0 Å². The molecule has 260 valence electrons. The maximum Gasteiger partial charge on any atom is 3.00 e. The van der Waals surface area contributed by atoms with Crippen molar-refractivity contribution in [1.82, 2.24) is 34.6 Å². The number of hydrogen-bond donors (Lipinski definition) is 1. The van der Waals surface area contributed by atoms with Crippen molar-refractivity contribution in [1.29, 1.82) is 0 Å². The number of carboxylic acids is 3. The van der Waals surface area contributed by atoms with Gasteiger partial charge in [-0.1, -0.05) is 6.42 Å². The van der Waals surface area contributed by atoms with Crippen LogP contribution in [0.15, 0.2) is 24.3 Å². The van der Waals surface area contributed by atoms with Crippen molar-refractivity contribution in [3.63, 3.8) is 0 Å². The molecule has 0 fully saturated rings. The summed E-state index contributed by atoms with van der Waals surface area (Å²) in [5, 5.41) is 37.6. The largest absolute Gasteiger partial charge is 3.00 e. The van der Waals surface area contributed by atoms with Gasteiger partial charge in [-0.2, -0.15) is 0 Å². The molecule has 4 heterocycles. The Balaban J connectivity index is 0.00000468. The van der Waals surface area contributed by atoms with Gasteiger partial charge < -0.3 is 35.4 Å². The molecule has 0 saturated carbocycles. The quantitative estimate of drug-likeness (QED) is 0.140. The maximum absolute atomic E-state index is 12.4. The van der Waals surface area contributed by atoms with Crippen molar-refractivity contribution in [2.45, 2.75) is 64.1 Å². The summed E-state index contributed by atoms with van der Waals surface area (Å²) in [6, 6.07) is 6.55. The molecule has 4 aromatic rings. The van der Waals surface area contributed by atoms with Crippen molar-refractivity contribution in [3.8, 4) is 0 Å². The predicted molar refractivity (Wildman–Crippen MR) is 171 cm³/mol. The summed E-state index contributed by atoms with van der Waals surface area (Å²) >= 11 is 0. The zero-order valence-electron chi connectivity index (χ0n) is 27.2. The molecule has 49 heavy (non-hydrogen) atoms. The van der Waals surface area contributed by atoms with Gasteiger partial charge in [-0.15, -0.1) is 0 Å². The number of nitrogens with two attached hydrogens (primary N) is 1. The van der Waals surface area contributed by atoms with Crippen LogP contribution in [0.5, 0.6) is 0 Å². The first-order valence-electron chi connectivity index (χ1n) is 16.6. The molecule has 6 rings (SSSR count). The molecule has 1 atom stereocenters. The van der Waals surface area contributed by atoms with Gasteiger partial charge in [-0.05, 0) is 69.3 Å². The van der Waals surface area contributed by atoms with Crippen molar-refractivity contribution in [2.75, 3.05) is 45.8 Å². The Morgan fingerprint density at radius 3 is 1.59 bits per heavy atom. The summed E-state index contributed by atoms with van der Waals surface area (Å²) in [5.74, 6) is -3.81. The molecule has 4 bridgehead atoms. The van der Waals surface area contributed by atoms with E-state index in [0.29, 0.717) is 41.8 Å². The monoisotopic (exact) mass is 814 g/mol. The minimum atomic E-state index is -1.28. The minimum Gasteiger partial charge on any atom is -0.549 e. The van der Waals surface area contributed by atoms with Crippen LogP contribution < -0.4 is 21.1 Å². The molecule has 0 unspecified atom stereocenters. The molecule has 1 aromatic carbocycles. The Morgan fingerprint density at radius 1 is 0.694 bits per heavy atom. The van der Waals surface area contributed by atoms with Crippen molar-refractivity contribution in [3.05, 3.63) is 47.0 Å². The summed E-state index contributed by atoms with van der Waals surface area (Å²) in [6.45, 7) is 0.681. The second-order valence-corrected chi connectivity index (χ2v) is 12.7. The second kappa shape index (κ2) is 16.7. The maximum atomic E-state index is 12.4. The average molecular weight is 815 g/mol. The third-order valence-corrected chi connectivity index (χ3v) is 9.30. The van der Waals surface area contributed by atoms with Crippen LogP contribution in [0.4, 0.5) is 0 Å². The topological polar surface area (TPSA) is 208 Å². The van der Waals surface area contributed by atoms with Gasteiger partial charge in [0, 0.05) is 69.2 Å². The number of aryl methyl sites for hydroxylation is 2. The normalized spacial score (nSPS) is 17.2. The standard InChI is InChI=1S/C34H42N8O6.Tb/c35-12-4-3-7-27(34(47)48)42-15-13-40(19-28(43)44)17-21-8-10-23-30(36-21)31-24(33-32(23)38-25-5-1-2-6-26(25)39-33)11-9-22(37-31)18-41(14-16-42)20-29(45)46;/h8-11,27H,1-7,12-20,35H2,(H,43,44)(H,45,46)(H,47,48);/q;+3/p-3/t27-;/m0./s1. The van der Waals surface area contributed by atoms with E-state index in [4.69, 9.17) is 25.7 Å². The third kappa shape index (κ3) is 8.81. The number of rotatable bonds is 10. The number of aromatic nitrogens is 4. The van der Waals surface area contributed by atoms with Gasteiger partial charge >= 0.3 is 38.6 Å². The molecule has 1 aliphatic carbocycles. The van der Waals surface area contributed by atoms with Crippen molar-refractivity contribution >= 4 is 50.7 Å². The van der Waals surface area contributed by atoms with Gasteiger partial charge in [0.2, 0.25) is 0 Å². The zero-order chi connectivity index (χ0) is 33.8. The first-order valence-corrected chi connectivity index (χ1v) is 16.6. The molecular weight excluding hydrogens is 775 g/mol. The van der Waals surface area contributed by atoms with Crippen LogP contribution in [0.2, 0.25) is 0 Å². The number of pyridine rings is 2. The number of carbonyl (C=O) groups excluding carboxylic acids is 3. The predicted octanol–water partition coefficient (Wildman–Crippen LogP) is -1.73. The molecule has 14 nitrogen and oxygen atoms in total. The number of hydrogen-bond acceptors (Lipinski definition) is 14. The molecule has 2 N–H and O–H groups in total. The molecule has 15 heteroatoms. The Kier molecular flexibility index (Phi) is 12.7. The van der Waals surface area contributed by atoms with E-state index in [1.807, 2.05) is 24.3 Å². The van der Waals surface area contributed by atoms with Gasteiger partial charge in [0.25, 0.3) is 0 Å².